The predicted molar refractivity (Wildman–Crippen MR) is 206 cm³/mol. The fraction of sp³-hybridized carbons (Fsp3) is 0.286. The molecule has 16 nitrogen and oxygen atoms in total. The van der Waals surface area contributed by atoms with Crippen LogP contribution in [-0.2, 0) is 9.59 Å². The Labute approximate surface area is 334 Å². The summed E-state index contributed by atoms with van der Waals surface area (Å²) < 4.78 is 22.2. The Morgan fingerprint density at radius 3 is 1.10 bits per heavy atom. The summed E-state index contributed by atoms with van der Waals surface area (Å²) in [5.74, 6) is -1.64. The van der Waals surface area contributed by atoms with Gasteiger partial charge in [0, 0.05) is 0 Å². The van der Waals surface area contributed by atoms with E-state index >= 15 is 0 Å². The summed E-state index contributed by atoms with van der Waals surface area (Å²) in [5, 5.41) is 18.0. The average Bonchev–Trinajstić information content (AvgIpc) is 3.62. The summed E-state index contributed by atoms with van der Waals surface area (Å²) in [4.78, 5) is 77.7. The third kappa shape index (κ3) is 8.93. The van der Waals surface area contributed by atoms with Crippen LogP contribution in [0.25, 0.3) is 0 Å². The van der Waals surface area contributed by atoms with Crippen molar-refractivity contribution in [2.24, 2.45) is 0 Å². The van der Waals surface area contributed by atoms with Crippen LogP contribution in [0.15, 0.2) is 84.9 Å². The van der Waals surface area contributed by atoms with Crippen molar-refractivity contribution >= 4 is 35.4 Å². The Hall–Kier alpha value is -6.78. The summed E-state index contributed by atoms with van der Waals surface area (Å²) in [6.07, 6.45) is -0.902. The first-order valence-electron chi connectivity index (χ1n) is 18.2. The van der Waals surface area contributed by atoms with Gasteiger partial charge in [0.1, 0.15) is 0 Å². The molecule has 4 aromatic carbocycles. The summed E-state index contributed by atoms with van der Waals surface area (Å²) in [6.45, 7) is 7.42. The topological polar surface area (TPSA) is 210 Å². The summed E-state index contributed by atoms with van der Waals surface area (Å²) >= 11 is 0. The number of fused-ring (bicyclic) bond motifs is 2. The molecule has 4 N–H and O–H groups in total. The van der Waals surface area contributed by atoms with Gasteiger partial charge < -0.3 is 18.9 Å². The van der Waals surface area contributed by atoms with E-state index in [0.717, 1.165) is 9.80 Å². The molecule has 2 heterocycles. The third-order valence-corrected chi connectivity index (χ3v) is 9.15. The zero-order valence-corrected chi connectivity index (χ0v) is 32.7. The standard InChI is InChI=1S/2C21H22N2O6/c2*1-12(2)29-18-10-13(8-9-17(18)28-3)16(11-19(24)22-27)23-20(25)14-6-4-5-7-15(14)21(23)26/h2*4-10,12,16,27H,11H2,1-3H3,(H,22,24). The van der Waals surface area contributed by atoms with Crippen LogP contribution >= 0.6 is 0 Å². The van der Waals surface area contributed by atoms with Crippen molar-refractivity contribution < 1.29 is 58.1 Å². The van der Waals surface area contributed by atoms with Crippen molar-refractivity contribution in [3.63, 3.8) is 0 Å². The number of hydrogen-bond acceptors (Lipinski definition) is 12. The van der Waals surface area contributed by atoms with Crippen molar-refractivity contribution in [3.8, 4) is 23.0 Å². The molecule has 2 unspecified atom stereocenters. The second kappa shape index (κ2) is 18.4. The summed E-state index contributed by atoms with van der Waals surface area (Å²) in [5.41, 5.74) is 5.24. The molecule has 0 radical (unpaired) electrons. The van der Waals surface area contributed by atoms with Crippen LogP contribution in [-0.4, -0.2) is 82.1 Å². The number of benzene rings is 4. The highest BCUT2D eigenvalue weighted by molar-refractivity contribution is 6.22. The van der Waals surface area contributed by atoms with Crippen molar-refractivity contribution in [2.45, 2.75) is 64.8 Å². The highest BCUT2D eigenvalue weighted by Gasteiger charge is 2.43. The second-order valence-corrected chi connectivity index (χ2v) is 13.7. The molecule has 2 atom stereocenters. The molecule has 6 amide bonds. The van der Waals surface area contributed by atoms with Gasteiger partial charge in [-0.2, -0.15) is 0 Å². The number of amides is 6. The normalized spacial score (nSPS) is 14.0. The number of hydroxylamine groups is 2. The predicted octanol–water partition coefficient (Wildman–Crippen LogP) is 5.43. The van der Waals surface area contributed by atoms with E-state index in [0.29, 0.717) is 34.1 Å². The van der Waals surface area contributed by atoms with Gasteiger partial charge in [-0.25, -0.2) is 11.0 Å². The average molecular weight is 797 g/mol. The number of nitrogens with zero attached hydrogens (tertiary/aromatic N) is 2. The van der Waals surface area contributed by atoms with E-state index in [4.69, 9.17) is 29.4 Å². The smallest absolute Gasteiger partial charge is 0.262 e. The first-order chi connectivity index (χ1) is 27.7. The van der Waals surface area contributed by atoms with Crippen LogP contribution < -0.4 is 29.9 Å². The number of rotatable bonds is 14. The van der Waals surface area contributed by atoms with E-state index in [1.807, 2.05) is 27.7 Å². The van der Waals surface area contributed by atoms with E-state index in [2.05, 4.69) is 0 Å². The van der Waals surface area contributed by atoms with Crippen LogP contribution in [0, 0.1) is 0 Å². The number of nitrogens with one attached hydrogen (secondary N) is 2. The fourth-order valence-corrected chi connectivity index (χ4v) is 6.63. The van der Waals surface area contributed by atoms with E-state index in [1.54, 1.807) is 95.9 Å². The lowest BCUT2D eigenvalue weighted by molar-refractivity contribution is -0.130. The number of carbonyl (C=O) groups excluding carboxylic acids is 6. The monoisotopic (exact) mass is 796 g/mol. The van der Waals surface area contributed by atoms with Crippen LogP contribution in [0.1, 0.15) is 105 Å². The summed E-state index contributed by atoms with van der Waals surface area (Å²) in [7, 11) is 3.01. The first kappa shape index (κ1) is 42.4. The molecule has 2 aliphatic heterocycles. The van der Waals surface area contributed by atoms with Crippen molar-refractivity contribution in [2.75, 3.05) is 14.2 Å². The maximum atomic E-state index is 12.9. The highest BCUT2D eigenvalue weighted by Crippen LogP contribution is 2.39. The molecule has 0 bridgehead atoms. The van der Waals surface area contributed by atoms with Gasteiger partial charge in [0.05, 0.1) is 73.6 Å². The molecule has 0 aliphatic carbocycles. The molecule has 0 aromatic heterocycles. The van der Waals surface area contributed by atoms with Gasteiger partial charge in [0.15, 0.2) is 23.0 Å². The van der Waals surface area contributed by atoms with Crippen LogP contribution in [0.5, 0.6) is 23.0 Å². The van der Waals surface area contributed by atoms with Gasteiger partial charge in [-0.3, -0.25) is 49.0 Å². The largest absolute Gasteiger partial charge is 0.493 e. The lowest BCUT2D eigenvalue weighted by atomic mass is 10.0. The van der Waals surface area contributed by atoms with Crippen molar-refractivity contribution in [1.82, 2.24) is 20.8 Å². The van der Waals surface area contributed by atoms with Crippen molar-refractivity contribution in [3.05, 3.63) is 118 Å². The first-order valence-corrected chi connectivity index (χ1v) is 18.2. The number of carbonyl (C=O) groups is 6. The highest BCUT2D eigenvalue weighted by atomic mass is 16.5. The van der Waals surface area contributed by atoms with Crippen LogP contribution in [0.4, 0.5) is 0 Å². The Morgan fingerprint density at radius 2 is 0.845 bits per heavy atom. The summed E-state index contributed by atoms with van der Waals surface area (Å²) in [6, 6.07) is 21.0. The SMILES string of the molecule is COc1ccc(C(CC(=O)NO)N2C(=O)c3ccccc3C2=O)cc1OC(C)C.COc1ccc(C(CC(=O)NO)N2C(=O)c3ccccc3C2=O)cc1OC(C)C. The molecule has 2 aliphatic rings. The van der Waals surface area contributed by atoms with Gasteiger partial charge in [0.25, 0.3) is 23.6 Å². The minimum absolute atomic E-state index is 0.141. The van der Waals surface area contributed by atoms with E-state index in [9.17, 15) is 28.8 Å². The zero-order chi connectivity index (χ0) is 42.3. The molecular weight excluding hydrogens is 752 g/mol. The zero-order valence-electron chi connectivity index (χ0n) is 32.7. The van der Waals surface area contributed by atoms with Gasteiger partial charge in [-0.1, -0.05) is 36.4 Å². The minimum Gasteiger partial charge on any atom is -0.493 e. The van der Waals surface area contributed by atoms with Gasteiger partial charge in [-0.15, -0.1) is 0 Å². The van der Waals surface area contributed by atoms with Crippen LogP contribution in [0.3, 0.4) is 0 Å². The molecule has 16 heteroatoms. The Bertz CT molecular complexity index is 2000. The van der Waals surface area contributed by atoms with Crippen LogP contribution in [0.2, 0.25) is 0 Å². The lowest BCUT2D eigenvalue weighted by Crippen LogP contribution is -2.37. The molecule has 0 spiro atoms. The molecule has 4 aromatic rings. The van der Waals surface area contributed by atoms with Crippen molar-refractivity contribution in [1.29, 1.82) is 0 Å². The number of ether oxygens (including phenoxy) is 4. The molecule has 6 rings (SSSR count). The van der Waals surface area contributed by atoms with E-state index < -0.39 is 47.5 Å². The molecule has 304 valence electrons. The lowest BCUT2D eigenvalue weighted by Gasteiger charge is -2.27. The molecular formula is C42H44N4O12. The molecule has 0 saturated carbocycles. The Morgan fingerprint density at radius 1 is 0.534 bits per heavy atom. The quantitative estimate of drug-likeness (QED) is 0.0715. The molecule has 58 heavy (non-hydrogen) atoms. The van der Waals surface area contributed by atoms with E-state index in [-0.39, 0.29) is 47.3 Å². The number of hydrogen-bond donors (Lipinski definition) is 4. The molecule has 0 saturated heterocycles. The Balaban J connectivity index is 0.000000221. The third-order valence-electron chi connectivity index (χ3n) is 9.15. The fourth-order valence-electron chi connectivity index (χ4n) is 6.63. The maximum Gasteiger partial charge on any atom is 0.262 e. The second-order valence-electron chi connectivity index (χ2n) is 13.7. The Kier molecular flexibility index (Phi) is 13.5. The molecule has 0 fully saturated rings. The minimum atomic E-state index is -0.935. The van der Waals surface area contributed by atoms with Gasteiger partial charge in [0.2, 0.25) is 11.8 Å². The number of methoxy groups -OCH3 is 2. The van der Waals surface area contributed by atoms with Gasteiger partial charge >= 0.3 is 0 Å². The maximum absolute atomic E-state index is 12.9. The van der Waals surface area contributed by atoms with E-state index in [1.165, 1.54) is 14.2 Å². The number of imide groups is 2. The van der Waals surface area contributed by atoms with Gasteiger partial charge in [-0.05, 0) is 87.4 Å².